The van der Waals surface area contributed by atoms with Crippen LogP contribution in [0.2, 0.25) is 0 Å². The van der Waals surface area contributed by atoms with Gasteiger partial charge in [0.2, 0.25) is 0 Å². The molecule has 1 aliphatic heterocycles. The highest BCUT2D eigenvalue weighted by Crippen LogP contribution is 2.16. The third-order valence-electron chi connectivity index (χ3n) is 7.85. The normalized spacial score (nSPS) is 14.9. The van der Waals surface area contributed by atoms with Gasteiger partial charge >= 0.3 is 6.09 Å². The molecule has 226 valence electrons. The maximum Gasteiger partial charge on any atom is 0.410 e. The Labute approximate surface area is 238 Å². The molecule has 1 fully saturated rings. The van der Waals surface area contributed by atoms with Gasteiger partial charge in [-0.3, -0.25) is 0 Å². The molecule has 5 nitrogen and oxygen atoms in total. The van der Waals surface area contributed by atoms with Crippen LogP contribution in [0.1, 0.15) is 163 Å². The van der Waals surface area contributed by atoms with Crippen molar-refractivity contribution in [1.29, 1.82) is 0 Å². The highest BCUT2D eigenvalue weighted by molar-refractivity contribution is 5.68. The summed E-state index contributed by atoms with van der Waals surface area (Å²) in [5, 5.41) is 5.16. The smallest absolute Gasteiger partial charge is 0.410 e. The number of rotatable bonds is 23. The molecule has 0 unspecified atom stereocenters. The summed E-state index contributed by atoms with van der Waals surface area (Å²) in [6.45, 7) is 16.1. The quantitative estimate of drug-likeness (QED) is 0.122. The molecule has 0 atom stereocenters. The van der Waals surface area contributed by atoms with Crippen LogP contribution in [-0.4, -0.2) is 65.9 Å². The molecule has 1 saturated heterocycles. The zero-order valence-electron chi connectivity index (χ0n) is 26.5. The molecule has 0 saturated carbocycles. The lowest BCUT2D eigenvalue weighted by atomic mass is 10.1. The molecule has 1 rings (SSSR count). The molecule has 38 heavy (non-hydrogen) atoms. The van der Waals surface area contributed by atoms with Crippen LogP contribution in [0.3, 0.4) is 0 Å². The minimum absolute atomic E-state index is 0.159. The molecule has 1 heterocycles. The largest absolute Gasteiger partial charge is 0.444 e. The summed E-state index contributed by atoms with van der Waals surface area (Å²) in [4.78, 5) is 14.4. The van der Waals surface area contributed by atoms with E-state index in [4.69, 9.17) is 4.74 Å². The average molecular weight is 538 g/mol. The van der Waals surface area contributed by atoms with Crippen LogP contribution >= 0.6 is 0 Å². The topological polar surface area (TPSA) is 36.0 Å². The van der Waals surface area contributed by atoms with Crippen LogP contribution in [0.15, 0.2) is 0 Å². The van der Waals surface area contributed by atoms with Gasteiger partial charge in [-0.25, -0.2) is 14.8 Å². The number of unbranched alkanes of at least 4 members (excludes halogenated alkanes) is 18. The molecule has 0 bridgehead atoms. The van der Waals surface area contributed by atoms with Crippen molar-refractivity contribution < 1.29 is 9.53 Å². The van der Waals surface area contributed by atoms with Crippen LogP contribution in [0, 0.1) is 0 Å². The summed E-state index contributed by atoms with van der Waals surface area (Å²) in [7, 11) is 0. The van der Waals surface area contributed by atoms with E-state index >= 15 is 0 Å². The van der Waals surface area contributed by atoms with Gasteiger partial charge in [0.05, 0.1) is 0 Å². The molecule has 0 aliphatic carbocycles. The summed E-state index contributed by atoms with van der Waals surface area (Å²) >= 11 is 0. The highest BCUT2D eigenvalue weighted by Gasteiger charge is 2.27. The van der Waals surface area contributed by atoms with Gasteiger partial charge in [-0.1, -0.05) is 129 Å². The number of carbonyl (C=O) groups is 1. The fourth-order valence-corrected chi connectivity index (χ4v) is 5.45. The predicted octanol–water partition coefficient (Wildman–Crippen LogP) is 9.60. The summed E-state index contributed by atoms with van der Waals surface area (Å²) in [6.07, 6.45) is 27.5. The van der Waals surface area contributed by atoms with Gasteiger partial charge in [0, 0.05) is 39.3 Å². The molecule has 0 aromatic carbocycles. The molecule has 1 amide bonds. The first-order valence-electron chi connectivity index (χ1n) is 16.8. The first-order chi connectivity index (χ1) is 18.4. The number of carbonyl (C=O) groups excluding carboxylic acids is 1. The summed E-state index contributed by atoms with van der Waals surface area (Å²) in [5.74, 6) is 0. The van der Waals surface area contributed by atoms with Gasteiger partial charge in [-0.05, 0) is 33.6 Å². The van der Waals surface area contributed by atoms with Crippen molar-refractivity contribution in [3.05, 3.63) is 0 Å². The van der Waals surface area contributed by atoms with Crippen molar-refractivity contribution in [2.24, 2.45) is 0 Å². The van der Waals surface area contributed by atoms with Crippen molar-refractivity contribution in [2.75, 3.05) is 39.3 Å². The highest BCUT2D eigenvalue weighted by atomic mass is 16.6. The predicted molar refractivity (Wildman–Crippen MR) is 165 cm³/mol. The number of hydrazine groups is 1. The van der Waals surface area contributed by atoms with Crippen LogP contribution < -0.4 is 0 Å². The Bertz CT molecular complexity index is 517. The van der Waals surface area contributed by atoms with Crippen LogP contribution in [-0.2, 0) is 4.74 Å². The zero-order valence-corrected chi connectivity index (χ0v) is 26.5. The van der Waals surface area contributed by atoms with Gasteiger partial charge in [0.15, 0.2) is 0 Å². The Morgan fingerprint density at radius 2 is 0.921 bits per heavy atom. The number of nitrogens with zero attached hydrogens (tertiary/aromatic N) is 3. The second kappa shape index (κ2) is 22.9. The zero-order chi connectivity index (χ0) is 27.9. The molecule has 0 spiro atoms. The first-order valence-corrected chi connectivity index (χ1v) is 16.8. The number of hydrogen-bond donors (Lipinski definition) is 0. The Kier molecular flexibility index (Phi) is 21.3. The second-order valence-corrected chi connectivity index (χ2v) is 12.7. The third kappa shape index (κ3) is 19.3. The van der Waals surface area contributed by atoms with Crippen LogP contribution in [0.4, 0.5) is 4.79 Å². The van der Waals surface area contributed by atoms with Crippen molar-refractivity contribution in [1.82, 2.24) is 14.9 Å². The van der Waals surface area contributed by atoms with Gasteiger partial charge < -0.3 is 9.64 Å². The van der Waals surface area contributed by atoms with Gasteiger partial charge in [-0.2, -0.15) is 0 Å². The fraction of sp³-hybridized carbons (Fsp3) is 0.970. The monoisotopic (exact) mass is 538 g/mol. The summed E-state index contributed by atoms with van der Waals surface area (Å²) < 4.78 is 5.61. The SMILES string of the molecule is CCCCCCCCCCCCN(CCCCCCCCCCCC)N1CCN(C(=O)OC(C)(C)C)CC1. The fourth-order valence-electron chi connectivity index (χ4n) is 5.45. The molecule has 0 radical (unpaired) electrons. The minimum atomic E-state index is -0.425. The minimum Gasteiger partial charge on any atom is -0.444 e. The van der Waals surface area contributed by atoms with E-state index in [-0.39, 0.29) is 6.09 Å². The molecule has 0 aromatic rings. The molecular weight excluding hydrogens is 470 g/mol. The molecule has 5 heteroatoms. The number of piperazine rings is 1. The Morgan fingerprint density at radius 3 is 1.26 bits per heavy atom. The maximum absolute atomic E-state index is 12.5. The number of hydrogen-bond acceptors (Lipinski definition) is 4. The third-order valence-corrected chi connectivity index (χ3v) is 7.85. The second-order valence-electron chi connectivity index (χ2n) is 12.7. The van der Waals surface area contributed by atoms with Gasteiger partial charge in [0.25, 0.3) is 0 Å². The van der Waals surface area contributed by atoms with E-state index in [1.807, 2.05) is 25.7 Å². The van der Waals surface area contributed by atoms with Crippen LogP contribution in [0.5, 0.6) is 0 Å². The van der Waals surface area contributed by atoms with Crippen molar-refractivity contribution in [2.45, 2.75) is 169 Å². The van der Waals surface area contributed by atoms with Crippen LogP contribution in [0.25, 0.3) is 0 Å². The lowest BCUT2D eigenvalue weighted by Gasteiger charge is -2.41. The molecule has 0 aromatic heterocycles. The Hall–Kier alpha value is -0.810. The van der Waals surface area contributed by atoms with Crippen molar-refractivity contribution in [3.63, 3.8) is 0 Å². The van der Waals surface area contributed by atoms with E-state index in [2.05, 4.69) is 23.9 Å². The standard InChI is InChI=1S/C33H67N3O2/c1-6-8-10-12-14-16-18-20-22-24-26-35(27-25-23-21-19-17-15-13-11-9-7-2)36-30-28-34(29-31-36)32(37)38-33(3,4)5/h6-31H2,1-5H3. The molecular formula is C33H67N3O2. The van der Waals surface area contributed by atoms with E-state index < -0.39 is 5.60 Å². The Morgan fingerprint density at radius 1 is 0.579 bits per heavy atom. The number of ether oxygens (including phenoxy) is 1. The van der Waals surface area contributed by atoms with Crippen molar-refractivity contribution >= 4 is 6.09 Å². The van der Waals surface area contributed by atoms with Gasteiger partial charge in [0.1, 0.15) is 5.60 Å². The maximum atomic E-state index is 12.5. The first kappa shape index (κ1) is 35.2. The number of amides is 1. The lowest BCUT2D eigenvalue weighted by Crippen LogP contribution is -2.55. The summed E-state index contributed by atoms with van der Waals surface area (Å²) in [6, 6.07) is 0. The van der Waals surface area contributed by atoms with Gasteiger partial charge in [-0.15, -0.1) is 0 Å². The van der Waals surface area contributed by atoms with E-state index in [1.54, 1.807) is 0 Å². The molecule has 0 N–H and O–H groups in total. The lowest BCUT2D eigenvalue weighted by molar-refractivity contribution is -0.0626. The average Bonchev–Trinajstić information content (AvgIpc) is 2.88. The van der Waals surface area contributed by atoms with Crippen molar-refractivity contribution in [3.8, 4) is 0 Å². The van der Waals surface area contributed by atoms with E-state index in [9.17, 15) is 4.79 Å². The van der Waals surface area contributed by atoms with E-state index in [0.29, 0.717) is 0 Å². The van der Waals surface area contributed by atoms with E-state index in [1.165, 1.54) is 142 Å². The summed E-state index contributed by atoms with van der Waals surface area (Å²) in [5.41, 5.74) is -0.425. The Balaban J connectivity index is 2.33. The molecule has 1 aliphatic rings. The van der Waals surface area contributed by atoms with E-state index in [0.717, 1.165) is 26.2 Å².